The summed E-state index contributed by atoms with van der Waals surface area (Å²) in [6.45, 7) is 4.93. The number of carbonyl (C=O) groups excluding carboxylic acids is 1. The Morgan fingerprint density at radius 1 is 1.20 bits per heavy atom. The molecule has 198 valence electrons. The maximum Gasteiger partial charge on any atom is 0.317 e. The van der Waals surface area contributed by atoms with E-state index < -0.39 is 5.60 Å². The third-order valence-corrected chi connectivity index (χ3v) is 8.18. The number of likely N-dealkylation sites (tertiary alicyclic amines) is 1. The number of nitrogens with one attached hydrogen (secondary N) is 2. The Kier molecular flexibility index (Phi) is 11.3. The van der Waals surface area contributed by atoms with Crippen LogP contribution in [-0.2, 0) is 10.3 Å². The van der Waals surface area contributed by atoms with E-state index in [4.69, 9.17) is 4.74 Å². The van der Waals surface area contributed by atoms with Gasteiger partial charge in [-0.3, -0.25) is 0 Å². The number of hydrogen-bond donors (Lipinski definition) is 3. The van der Waals surface area contributed by atoms with Crippen LogP contribution in [0.15, 0.2) is 24.3 Å². The fourth-order valence-electron chi connectivity index (χ4n) is 6.22. The maximum absolute atomic E-state index is 13.4. The molecule has 2 aliphatic rings. The second-order valence-corrected chi connectivity index (χ2v) is 11.0. The van der Waals surface area contributed by atoms with E-state index in [1.165, 1.54) is 32.1 Å². The van der Waals surface area contributed by atoms with Crippen LogP contribution in [0.3, 0.4) is 0 Å². The van der Waals surface area contributed by atoms with E-state index in [1.54, 1.807) is 7.11 Å². The average molecular weight is 488 g/mol. The van der Waals surface area contributed by atoms with Crippen molar-refractivity contribution in [1.82, 2.24) is 15.5 Å². The van der Waals surface area contributed by atoms with Crippen molar-refractivity contribution in [2.24, 2.45) is 11.8 Å². The predicted octanol–water partition coefficient (Wildman–Crippen LogP) is 4.98. The number of hydrogen-bond acceptors (Lipinski definition) is 4. The summed E-state index contributed by atoms with van der Waals surface area (Å²) in [4.78, 5) is 15.3. The first-order valence-electron chi connectivity index (χ1n) is 13.9. The Labute approximate surface area is 213 Å². The number of nitrogens with zero attached hydrogens (tertiary/aromatic N) is 1. The number of methoxy groups -OCH3 is 1. The first-order valence-corrected chi connectivity index (χ1v) is 13.9. The molecule has 6 heteroatoms. The third-order valence-electron chi connectivity index (χ3n) is 8.18. The minimum Gasteiger partial charge on any atom is -0.385 e. The highest BCUT2D eigenvalue weighted by Gasteiger charge is 2.41. The van der Waals surface area contributed by atoms with Gasteiger partial charge in [0.1, 0.15) is 0 Å². The summed E-state index contributed by atoms with van der Waals surface area (Å²) in [6.07, 6.45) is 12.0. The molecule has 1 aliphatic carbocycles. The highest BCUT2D eigenvalue weighted by molar-refractivity contribution is 5.74. The topological polar surface area (TPSA) is 73.8 Å². The lowest BCUT2D eigenvalue weighted by molar-refractivity contribution is -0.0564. The number of unbranched alkanes of at least 4 members (excludes halogenated alkanes) is 1. The van der Waals surface area contributed by atoms with Crippen LogP contribution < -0.4 is 10.6 Å². The van der Waals surface area contributed by atoms with Gasteiger partial charge in [-0.15, -0.1) is 0 Å². The number of aryl methyl sites for hydroxylation is 1. The van der Waals surface area contributed by atoms with Crippen molar-refractivity contribution in [1.29, 1.82) is 0 Å². The average Bonchev–Trinajstić information content (AvgIpc) is 2.87. The van der Waals surface area contributed by atoms with Crippen LogP contribution in [0.25, 0.3) is 0 Å². The zero-order valence-electron chi connectivity index (χ0n) is 22.4. The van der Waals surface area contributed by atoms with E-state index in [2.05, 4.69) is 35.8 Å². The first kappa shape index (κ1) is 27.9. The number of rotatable bonds is 12. The molecule has 0 aromatic heterocycles. The molecule has 2 amide bonds. The third kappa shape index (κ3) is 8.19. The number of carbonyl (C=O) groups is 1. The highest BCUT2D eigenvalue weighted by Crippen LogP contribution is 2.40. The number of benzene rings is 1. The van der Waals surface area contributed by atoms with Crippen LogP contribution >= 0.6 is 0 Å². The van der Waals surface area contributed by atoms with E-state index >= 15 is 0 Å². The van der Waals surface area contributed by atoms with Gasteiger partial charge in [-0.25, -0.2) is 4.79 Å². The van der Waals surface area contributed by atoms with Gasteiger partial charge in [0.2, 0.25) is 0 Å². The Morgan fingerprint density at radius 3 is 2.71 bits per heavy atom. The monoisotopic (exact) mass is 487 g/mol. The largest absolute Gasteiger partial charge is 0.385 e. The van der Waals surface area contributed by atoms with E-state index in [-0.39, 0.29) is 18.0 Å². The van der Waals surface area contributed by atoms with Crippen LogP contribution in [0, 0.1) is 18.8 Å². The second-order valence-electron chi connectivity index (χ2n) is 11.0. The quantitative estimate of drug-likeness (QED) is 0.364. The lowest BCUT2D eigenvalue weighted by atomic mass is 9.74. The molecule has 1 aromatic rings. The molecule has 1 saturated carbocycles. The summed E-state index contributed by atoms with van der Waals surface area (Å²) < 4.78 is 5.24. The van der Waals surface area contributed by atoms with Crippen molar-refractivity contribution in [2.45, 2.75) is 89.2 Å². The SMILES string of the molecule is CNCC(CC1CCCCC1)NC(=O)N1CCC[C@@H]([C@](O)(CCCCOC)c2cccc(C)c2)C1. The lowest BCUT2D eigenvalue weighted by Gasteiger charge is -2.43. The summed E-state index contributed by atoms with van der Waals surface area (Å²) in [7, 11) is 3.68. The van der Waals surface area contributed by atoms with Gasteiger partial charge in [-0.2, -0.15) is 0 Å². The van der Waals surface area contributed by atoms with Gasteiger partial charge in [0.15, 0.2) is 0 Å². The van der Waals surface area contributed by atoms with Gasteiger partial charge in [0, 0.05) is 45.3 Å². The zero-order chi connectivity index (χ0) is 25.1. The molecule has 3 N–H and O–H groups in total. The van der Waals surface area contributed by atoms with Crippen molar-refractivity contribution < 1.29 is 14.6 Å². The summed E-state index contributed by atoms with van der Waals surface area (Å²) >= 11 is 0. The Balaban J connectivity index is 1.67. The molecule has 0 radical (unpaired) electrons. The normalized spacial score (nSPS) is 21.9. The minimum atomic E-state index is -0.939. The standard InChI is InChI=1S/C29H49N3O3/c1-23-11-9-14-25(19-23)29(34,16-7-8-18-35-3)26-15-10-17-32(22-26)28(33)31-27(21-30-2)20-24-12-5-4-6-13-24/h9,11,14,19,24,26-27,30,34H,4-8,10,12-13,15-18,20-22H2,1-3H3,(H,31,33)/t26-,27?,29+/m1/s1. The van der Waals surface area contributed by atoms with Crippen molar-refractivity contribution in [3.8, 4) is 0 Å². The van der Waals surface area contributed by atoms with Crippen molar-refractivity contribution >= 4 is 6.03 Å². The molecule has 1 unspecified atom stereocenters. The van der Waals surface area contributed by atoms with Crippen LogP contribution in [0.4, 0.5) is 4.79 Å². The highest BCUT2D eigenvalue weighted by atomic mass is 16.5. The van der Waals surface area contributed by atoms with E-state index in [9.17, 15) is 9.90 Å². The fourth-order valence-corrected chi connectivity index (χ4v) is 6.22. The number of aliphatic hydroxyl groups is 1. The van der Waals surface area contributed by atoms with Crippen LogP contribution in [0.5, 0.6) is 0 Å². The molecule has 3 rings (SSSR count). The maximum atomic E-state index is 13.4. The predicted molar refractivity (Wildman–Crippen MR) is 143 cm³/mol. The summed E-state index contributed by atoms with van der Waals surface area (Å²) in [5.74, 6) is 0.738. The number of likely N-dealkylation sites (N-methyl/N-ethyl adjacent to an activating group) is 1. The van der Waals surface area contributed by atoms with E-state index in [1.807, 2.05) is 18.0 Å². The van der Waals surface area contributed by atoms with Gasteiger partial charge in [-0.05, 0) is 64.0 Å². The summed E-state index contributed by atoms with van der Waals surface area (Å²) in [5, 5.41) is 18.7. The molecule has 1 saturated heterocycles. The van der Waals surface area contributed by atoms with Gasteiger partial charge in [-0.1, -0.05) is 61.9 Å². The number of piperidine rings is 1. The zero-order valence-corrected chi connectivity index (χ0v) is 22.4. The molecular weight excluding hydrogens is 438 g/mol. The Hall–Kier alpha value is -1.63. The van der Waals surface area contributed by atoms with Gasteiger partial charge in [0.05, 0.1) is 5.60 Å². The molecule has 6 nitrogen and oxygen atoms in total. The smallest absolute Gasteiger partial charge is 0.317 e. The Bertz CT molecular complexity index is 767. The van der Waals surface area contributed by atoms with Crippen molar-refractivity contribution in [2.75, 3.05) is 40.4 Å². The molecule has 3 atom stereocenters. The fraction of sp³-hybridized carbons (Fsp3) is 0.759. The van der Waals surface area contributed by atoms with Gasteiger partial charge >= 0.3 is 6.03 Å². The van der Waals surface area contributed by atoms with Crippen molar-refractivity contribution in [3.63, 3.8) is 0 Å². The van der Waals surface area contributed by atoms with Crippen LogP contribution in [0.2, 0.25) is 0 Å². The molecule has 0 bridgehead atoms. The number of urea groups is 1. The van der Waals surface area contributed by atoms with Crippen molar-refractivity contribution in [3.05, 3.63) is 35.4 Å². The number of amides is 2. The van der Waals surface area contributed by atoms with Gasteiger partial charge in [0.25, 0.3) is 0 Å². The van der Waals surface area contributed by atoms with Crippen LogP contribution in [-0.4, -0.2) is 62.5 Å². The molecule has 2 fully saturated rings. The molecule has 1 aliphatic heterocycles. The molecule has 0 spiro atoms. The van der Waals surface area contributed by atoms with Gasteiger partial charge < -0.3 is 25.4 Å². The second kappa shape index (κ2) is 14.2. The van der Waals surface area contributed by atoms with Crippen LogP contribution in [0.1, 0.15) is 81.8 Å². The summed E-state index contributed by atoms with van der Waals surface area (Å²) in [6, 6.07) is 8.45. The molecule has 1 heterocycles. The molecular formula is C29H49N3O3. The first-order chi connectivity index (χ1) is 17.0. The molecule has 1 aromatic carbocycles. The minimum absolute atomic E-state index is 0.0208. The summed E-state index contributed by atoms with van der Waals surface area (Å²) in [5.41, 5.74) is 1.19. The number of ether oxygens (including phenoxy) is 1. The molecule has 35 heavy (non-hydrogen) atoms. The van der Waals surface area contributed by atoms with E-state index in [0.29, 0.717) is 19.6 Å². The lowest BCUT2D eigenvalue weighted by Crippen LogP contribution is -2.54. The Morgan fingerprint density at radius 2 is 2.00 bits per heavy atom. The van der Waals surface area contributed by atoms with E-state index in [0.717, 1.165) is 62.2 Å².